The lowest BCUT2D eigenvalue weighted by Gasteiger charge is -2.26. The number of rotatable bonds is 5. The summed E-state index contributed by atoms with van der Waals surface area (Å²) in [4.78, 5) is 22.6. The molecule has 148 valence electrons. The first-order valence-electron chi connectivity index (χ1n) is 9.52. The number of amides is 1. The summed E-state index contributed by atoms with van der Waals surface area (Å²) in [6.07, 6.45) is 3.66. The van der Waals surface area contributed by atoms with Crippen LogP contribution in [0.1, 0.15) is 40.5 Å². The highest BCUT2D eigenvalue weighted by Gasteiger charge is 2.30. The van der Waals surface area contributed by atoms with Gasteiger partial charge in [-0.05, 0) is 54.8 Å². The molecular weight excluding hydrogens is 369 g/mol. The number of nitrogens with zero attached hydrogens (tertiary/aromatic N) is 3. The molecular formula is C22H22FN5O. The zero-order valence-electron chi connectivity index (χ0n) is 15.9. The first-order chi connectivity index (χ1) is 14.0. The van der Waals surface area contributed by atoms with Crippen LogP contribution in [0.25, 0.3) is 11.1 Å². The number of carbonyl (C=O) groups is 1. The number of aromatic nitrogens is 2. The lowest BCUT2D eigenvalue weighted by molar-refractivity contribution is 0.100. The third-order valence-corrected chi connectivity index (χ3v) is 5.27. The van der Waals surface area contributed by atoms with Gasteiger partial charge in [0.2, 0.25) is 11.9 Å². The molecule has 1 aliphatic heterocycles. The number of hydrogen-bond donors (Lipinski definition) is 2. The number of carbonyl (C=O) groups excluding carboxylic acids is 1. The van der Waals surface area contributed by atoms with Gasteiger partial charge in [0.15, 0.2) is 0 Å². The molecule has 0 bridgehead atoms. The minimum Gasteiger partial charge on any atom is -0.368 e. The summed E-state index contributed by atoms with van der Waals surface area (Å²) in [6, 6.07) is 13.7. The quantitative estimate of drug-likeness (QED) is 0.695. The maximum Gasteiger partial charge on any atom is 0.248 e. The molecule has 0 saturated carbocycles. The van der Waals surface area contributed by atoms with Gasteiger partial charge in [-0.1, -0.05) is 24.3 Å². The molecule has 29 heavy (non-hydrogen) atoms. The molecule has 6 nitrogen and oxygen atoms in total. The maximum atomic E-state index is 13.2. The van der Waals surface area contributed by atoms with Crippen LogP contribution < -0.4 is 11.5 Å². The minimum absolute atomic E-state index is 0.0533. The molecule has 0 aliphatic carbocycles. The van der Waals surface area contributed by atoms with Gasteiger partial charge in [0.1, 0.15) is 5.82 Å². The highest BCUT2D eigenvalue weighted by Crippen LogP contribution is 2.37. The lowest BCUT2D eigenvalue weighted by atomic mass is 9.98. The van der Waals surface area contributed by atoms with E-state index in [-0.39, 0.29) is 17.8 Å². The van der Waals surface area contributed by atoms with Crippen molar-refractivity contribution in [1.29, 1.82) is 0 Å². The molecule has 1 aliphatic rings. The summed E-state index contributed by atoms with van der Waals surface area (Å²) in [5.74, 6) is -0.515. The minimum atomic E-state index is -0.483. The van der Waals surface area contributed by atoms with Crippen LogP contribution in [0.15, 0.2) is 54.7 Å². The Morgan fingerprint density at radius 1 is 1.21 bits per heavy atom. The van der Waals surface area contributed by atoms with Crippen LogP contribution in [0.4, 0.5) is 10.3 Å². The van der Waals surface area contributed by atoms with E-state index in [1.807, 2.05) is 6.07 Å². The third kappa shape index (κ3) is 4.09. The third-order valence-electron chi connectivity index (χ3n) is 5.27. The molecule has 3 aromatic rings. The van der Waals surface area contributed by atoms with Crippen molar-refractivity contribution in [3.8, 4) is 11.1 Å². The van der Waals surface area contributed by atoms with Gasteiger partial charge in [-0.3, -0.25) is 9.69 Å². The first kappa shape index (κ1) is 19.0. The number of primary amides is 1. The second-order valence-corrected chi connectivity index (χ2v) is 7.23. The molecule has 4 rings (SSSR count). The summed E-state index contributed by atoms with van der Waals surface area (Å²) in [6.45, 7) is 1.60. The number of halogens is 1. The number of likely N-dealkylation sites (tertiary alicyclic amines) is 1. The average Bonchev–Trinajstić information content (AvgIpc) is 3.17. The fourth-order valence-corrected chi connectivity index (χ4v) is 3.88. The van der Waals surface area contributed by atoms with Gasteiger partial charge < -0.3 is 11.5 Å². The first-order valence-corrected chi connectivity index (χ1v) is 9.52. The summed E-state index contributed by atoms with van der Waals surface area (Å²) in [5.41, 5.74) is 15.3. The highest BCUT2D eigenvalue weighted by atomic mass is 19.1. The van der Waals surface area contributed by atoms with Crippen molar-refractivity contribution in [3.05, 3.63) is 77.4 Å². The topological polar surface area (TPSA) is 98.1 Å². The van der Waals surface area contributed by atoms with E-state index in [1.165, 1.54) is 12.1 Å². The van der Waals surface area contributed by atoms with Gasteiger partial charge in [-0.2, -0.15) is 0 Å². The van der Waals surface area contributed by atoms with Crippen molar-refractivity contribution in [1.82, 2.24) is 14.9 Å². The zero-order chi connectivity index (χ0) is 20.4. The van der Waals surface area contributed by atoms with E-state index in [0.717, 1.165) is 41.8 Å². The molecule has 1 amide bonds. The normalized spacial score (nSPS) is 16.8. The molecule has 2 heterocycles. The van der Waals surface area contributed by atoms with E-state index in [0.29, 0.717) is 12.1 Å². The molecule has 1 unspecified atom stereocenters. The SMILES string of the molecule is NC(=O)c1cccc(-c2cnc(N)nc2C2CCCN2Cc2ccc(F)cc2)c1. The van der Waals surface area contributed by atoms with Crippen LogP contribution in [0, 0.1) is 5.82 Å². The number of nitrogen functional groups attached to an aromatic ring is 1. The molecule has 2 aromatic carbocycles. The zero-order valence-corrected chi connectivity index (χ0v) is 15.9. The Hall–Kier alpha value is -3.32. The summed E-state index contributed by atoms with van der Waals surface area (Å²) >= 11 is 0. The predicted molar refractivity (Wildman–Crippen MR) is 109 cm³/mol. The summed E-state index contributed by atoms with van der Waals surface area (Å²) in [5, 5.41) is 0. The van der Waals surface area contributed by atoms with Gasteiger partial charge in [0, 0.05) is 23.9 Å². The van der Waals surface area contributed by atoms with Gasteiger partial charge in [-0.25, -0.2) is 14.4 Å². The highest BCUT2D eigenvalue weighted by molar-refractivity contribution is 5.94. The number of anilines is 1. The Labute approximate surface area is 168 Å². The van der Waals surface area contributed by atoms with Gasteiger partial charge in [0.25, 0.3) is 0 Å². The Morgan fingerprint density at radius 3 is 2.76 bits per heavy atom. The lowest BCUT2D eigenvalue weighted by Crippen LogP contribution is -2.24. The molecule has 1 saturated heterocycles. The number of nitrogens with two attached hydrogens (primary N) is 2. The van der Waals surface area contributed by atoms with Crippen molar-refractivity contribution in [2.24, 2.45) is 5.73 Å². The van der Waals surface area contributed by atoms with E-state index in [2.05, 4.69) is 14.9 Å². The van der Waals surface area contributed by atoms with Crippen LogP contribution >= 0.6 is 0 Å². The number of benzene rings is 2. The molecule has 4 N–H and O–H groups in total. The van der Waals surface area contributed by atoms with Crippen molar-refractivity contribution in [2.45, 2.75) is 25.4 Å². The van der Waals surface area contributed by atoms with Gasteiger partial charge >= 0.3 is 0 Å². The smallest absolute Gasteiger partial charge is 0.248 e. The Balaban J connectivity index is 1.70. The van der Waals surface area contributed by atoms with E-state index < -0.39 is 5.91 Å². The maximum absolute atomic E-state index is 13.2. The average molecular weight is 391 g/mol. The van der Waals surface area contributed by atoms with Crippen LogP contribution in [0.5, 0.6) is 0 Å². The molecule has 1 fully saturated rings. The van der Waals surface area contributed by atoms with Crippen molar-refractivity contribution in [2.75, 3.05) is 12.3 Å². The Morgan fingerprint density at radius 2 is 2.00 bits per heavy atom. The van der Waals surface area contributed by atoms with E-state index in [4.69, 9.17) is 11.5 Å². The second kappa shape index (κ2) is 7.97. The molecule has 1 atom stereocenters. The summed E-state index contributed by atoms with van der Waals surface area (Å²) < 4.78 is 13.2. The van der Waals surface area contributed by atoms with Crippen molar-refractivity contribution in [3.63, 3.8) is 0 Å². The predicted octanol–water partition coefficient (Wildman–Crippen LogP) is 3.30. The van der Waals surface area contributed by atoms with Crippen molar-refractivity contribution >= 4 is 11.9 Å². The van der Waals surface area contributed by atoms with E-state index in [9.17, 15) is 9.18 Å². The van der Waals surface area contributed by atoms with E-state index >= 15 is 0 Å². The van der Waals surface area contributed by atoms with E-state index in [1.54, 1.807) is 36.5 Å². The Kier molecular flexibility index (Phi) is 5.22. The molecule has 7 heteroatoms. The standard InChI is InChI=1S/C22H22FN5O/c23-17-8-6-14(7-9-17)13-28-10-2-5-19(28)20-18(12-26-22(25)27-20)15-3-1-4-16(11-15)21(24)29/h1,3-4,6-9,11-12,19H,2,5,10,13H2,(H2,24,29)(H2,25,26,27). The van der Waals surface area contributed by atoms with Gasteiger partial charge in [-0.15, -0.1) is 0 Å². The van der Waals surface area contributed by atoms with Crippen LogP contribution in [0.3, 0.4) is 0 Å². The Bertz CT molecular complexity index is 1040. The van der Waals surface area contributed by atoms with Crippen LogP contribution in [-0.2, 0) is 6.54 Å². The fourth-order valence-electron chi connectivity index (χ4n) is 3.88. The molecule has 1 aromatic heterocycles. The fraction of sp³-hybridized carbons (Fsp3) is 0.227. The van der Waals surface area contributed by atoms with Crippen molar-refractivity contribution < 1.29 is 9.18 Å². The summed E-state index contributed by atoms with van der Waals surface area (Å²) in [7, 11) is 0. The van der Waals surface area contributed by atoms with Gasteiger partial charge in [0.05, 0.1) is 11.7 Å². The largest absolute Gasteiger partial charge is 0.368 e. The molecule has 0 radical (unpaired) electrons. The molecule has 0 spiro atoms. The van der Waals surface area contributed by atoms with Crippen LogP contribution in [0.2, 0.25) is 0 Å². The second-order valence-electron chi connectivity index (χ2n) is 7.23. The van der Waals surface area contributed by atoms with Crippen LogP contribution in [-0.4, -0.2) is 27.3 Å². The number of hydrogen-bond acceptors (Lipinski definition) is 5. The monoisotopic (exact) mass is 391 g/mol.